The van der Waals surface area contributed by atoms with Crippen LogP contribution in [0.2, 0.25) is 0 Å². The van der Waals surface area contributed by atoms with Gasteiger partial charge in [-0.2, -0.15) is 0 Å². The van der Waals surface area contributed by atoms with E-state index >= 15 is 0 Å². The third kappa shape index (κ3) is 1.44. The molecule has 1 aliphatic rings. The topological polar surface area (TPSA) is 38.9 Å². The van der Waals surface area contributed by atoms with E-state index in [9.17, 15) is 0 Å². The summed E-state index contributed by atoms with van der Waals surface area (Å²) in [4.78, 5) is 4.43. The second-order valence-electron chi connectivity index (χ2n) is 4.38. The van der Waals surface area contributed by atoms with Crippen molar-refractivity contribution >= 4 is 0 Å². The molecule has 0 amide bonds. The predicted octanol–water partition coefficient (Wildman–Crippen LogP) is 2.10. The van der Waals surface area contributed by atoms with Gasteiger partial charge in [0.15, 0.2) is 0 Å². The van der Waals surface area contributed by atoms with E-state index in [0.717, 1.165) is 12.5 Å². The molecule has 0 saturated heterocycles. The van der Waals surface area contributed by atoms with Crippen molar-refractivity contribution in [2.75, 3.05) is 6.54 Å². The van der Waals surface area contributed by atoms with Gasteiger partial charge in [0, 0.05) is 23.9 Å². The Bertz CT molecular complexity index is 288. The minimum Gasteiger partial charge on any atom is -0.330 e. The molecule has 0 unspecified atom stereocenters. The first kappa shape index (κ1) is 9.66. The fraction of sp³-hybridized carbons (Fsp3) is 0.583. The lowest BCUT2D eigenvalue weighted by atomic mass is 9.59. The summed E-state index contributed by atoms with van der Waals surface area (Å²) in [7, 11) is 0. The average molecular weight is 190 g/mol. The summed E-state index contributed by atoms with van der Waals surface area (Å²) in [5.41, 5.74) is 7.26. The summed E-state index contributed by atoms with van der Waals surface area (Å²) in [6.45, 7) is 2.99. The van der Waals surface area contributed by atoms with Crippen LogP contribution in [0.3, 0.4) is 0 Å². The lowest BCUT2D eigenvalue weighted by Gasteiger charge is -2.46. The number of aromatic nitrogens is 1. The van der Waals surface area contributed by atoms with Crippen molar-refractivity contribution in [2.24, 2.45) is 11.7 Å². The molecule has 0 aromatic carbocycles. The van der Waals surface area contributed by atoms with Crippen LogP contribution in [0.25, 0.3) is 0 Å². The third-order valence-corrected chi connectivity index (χ3v) is 3.54. The second-order valence-corrected chi connectivity index (χ2v) is 4.38. The summed E-state index contributed by atoms with van der Waals surface area (Å²) in [6.07, 6.45) is 5.58. The molecule has 2 rings (SSSR count). The van der Waals surface area contributed by atoms with E-state index in [1.165, 1.54) is 25.0 Å². The first-order valence-corrected chi connectivity index (χ1v) is 5.42. The molecule has 0 atom stereocenters. The van der Waals surface area contributed by atoms with Gasteiger partial charge in [0.05, 0.1) is 0 Å². The monoisotopic (exact) mass is 190 g/mol. The maximum atomic E-state index is 5.88. The number of nitrogens with two attached hydrogens (primary N) is 1. The first-order valence-electron chi connectivity index (χ1n) is 5.42. The molecule has 2 N–H and O–H groups in total. The van der Waals surface area contributed by atoms with Crippen LogP contribution in [-0.4, -0.2) is 11.5 Å². The molecule has 1 heterocycles. The molecule has 0 radical (unpaired) electrons. The lowest BCUT2D eigenvalue weighted by Crippen LogP contribution is -2.47. The van der Waals surface area contributed by atoms with Gasteiger partial charge in [0.1, 0.15) is 0 Å². The summed E-state index contributed by atoms with van der Waals surface area (Å²) < 4.78 is 0. The van der Waals surface area contributed by atoms with Crippen molar-refractivity contribution in [1.82, 2.24) is 4.98 Å². The van der Waals surface area contributed by atoms with Crippen molar-refractivity contribution in [1.29, 1.82) is 0 Å². The van der Waals surface area contributed by atoms with Gasteiger partial charge in [-0.25, -0.2) is 0 Å². The van der Waals surface area contributed by atoms with Crippen molar-refractivity contribution in [3.63, 3.8) is 0 Å². The molecule has 14 heavy (non-hydrogen) atoms. The van der Waals surface area contributed by atoms with Crippen LogP contribution in [-0.2, 0) is 5.41 Å². The molecular formula is C12H18N2. The van der Waals surface area contributed by atoms with Crippen LogP contribution in [0.4, 0.5) is 0 Å². The van der Waals surface area contributed by atoms with E-state index in [2.05, 4.69) is 24.0 Å². The van der Waals surface area contributed by atoms with Crippen molar-refractivity contribution in [3.05, 3.63) is 30.1 Å². The van der Waals surface area contributed by atoms with Crippen LogP contribution in [0.5, 0.6) is 0 Å². The highest BCUT2D eigenvalue weighted by Crippen LogP contribution is 2.47. The number of hydrogen-bond donors (Lipinski definition) is 1. The molecule has 76 valence electrons. The number of nitrogens with zero attached hydrogens (tertiary/aromatic N) is 1. The number of pyridine rings is 1. The highest BCUT2D eigenvalue weighted by molar-refractivity contribution is 5.22. The fourth-order valence-electron chi connectivity index (χ4n) is 2.49. The first-order chi connectivity index (χ1) is 6.80. The number of rotatable bonds is 3. The smallest absolute Gasteiger partial charge is 0.0478 e. The van der Waals surface area contributed by atoms with E-state index in [4.69, 9.17) is 5.73 Å². The Balaban J connectivity index is 2.16. The van der Waals surface area contributed by atoms with E-state index in [0.29, 0.717) is 0 Å². The summed E-state index contributed by atoms with van der Waals surface area (Å²) in [5, 5.41) is 0. The van der Waals surface area contributed by atoms with Crippen LogP contribution >= 0.6 is 0 Å². The van der Waals surface area contributed by atoms with Gasteiger partial charge in [0.25, 0.3) is 0 Å². The Labute approximate surface area is 85.5 Å². The van der Waals surface area contributed by atoms with Gasteiger partial charge < -0.3 is 5.73 Å². The highest BCUT2D eigenvalue weighted by Gasteiger charge is 2.44. The molecule has 1 saturated carbocycles. The Kier molecular flexibility index (Phi) is 2.55. The Hall–Kier alpha value is -0.890. The quantitative estimate of drug-likeness (QED) is 0.792. The van der Waals surface area contributed by atoms with E-state index in [1.807, 2.05) is 12.3 Å². The van der Waals surface area contributed by atoms with Gasteiger partial charge in [-0.15, -0.1) is 0 Å². The SMILES string of the molecule is CCC1CC(CN)(c2ccccn2)C1. The molecule has 1 aliphatic carbocycles. The highest BCUT2D eigenvalue weighted by atomic mass is 14.8. The van der Waals surface area contributed by atoms with Crippen molar-refractivity contribution in [3.8, 4) is 0 Å². The molecule has 0 aliphatic heterocycles. The van der Waals surface area contributed by atoms with Crippen LogP contribution in [0.15, 0.2) is 24.4 Å². The molecule has 2 nitrogen and oxygen atoms in total. The molecule has 1 aromatic heterocycles. The zero-order valence-electron chi connectivity index (χ0n) is 8.74. The fourth-order valence-corrected chi connectivity index (χ4v) is 2.49. The summed E-state index contributed by atoms with van der Waals surface area (Å²) >= 11 is 0. The second kappa shape index (κ2) is 3.70. The maximum Gasteiger partial charge on any atom is 0.0478 e. The minimum atomic E-state index is 0.196. The van der Waals surface area contributed by atoms with Gasteiger partial charge in [-0.05, 0) is 30.9 Å². The van der Waals surface area contributed by atoms with Gasteiger partial charge in [-0.1, -0.05) is 19.4 Å². The average Bonchev–Trinajstić information content (AvgIpc) is 2.19. The molecule has 0 bridgehead atoms. The molecule has 1 aromatic rings. The standard InChI is InChI=1S/C12H18N2/c1-2-10-7-12(8-10,9-13)11-5-3-4-6-14-11/h3-6,10H,2,7-9,13H2,1H3. The largest absolute Gasteiger partial charge is 0.330 e. The van der Waals surface area contributed by atoms with Gasteiger partial charge >= 0.3 is 0 Å². The summed E-state index contributed by atoms with van der Waals surface area (Å²) in [6, 6.07) is 6.13. The van der Waals surface area contributed by atoms with Crippen LogP contribution < -0.4 is 5.73 Å². The van der Waals surface area contributed by atoms with Gasteiger partial charge in [-0.3, -0.25) is 4.98 Å². The van der Waals surface area contributed by atoms with Crippen LogP contribution in [0.1, 0.15) is 31.9 Å². The normalized spacial score (nSPS) is 31.1. The van der Waals surface area contributed by atoms with E-state index < -0.39 is 0 Å². The minimum absolute atomic E-state index is 0.196. The molecular weight excluding hydrogens is 172 g/mol. The molecule has 2 heteroatoms. The third-order valence-electron chi connectivity index (χ3n) is 3.54. The Morgan fingerprint density at radius 2 is 2.29 bits per heavy atom. The zero-order valence-corrected chi connectivity index (χ0v) is 8.74. The summed E-state index contributed by atoms with van der Waals surface area (Å²) in [5.74, 6) is 0.862. The van der Waals surface area contributed by atoms with Crippen molar-refractivity contribution < 1.29 is 0 Å². The van der Waals surface area contributed by atoms with E-state index in [-0.39, 0.29) is 5.41 Å². The zero-order chi connectivity index (χ0) is 10.0. The predicted molar refractivity (Wildman–Crippen MR) is 58.0 cm³/mol. The number of hydrogen-bond acceptors (Lipinski definition) is 2. The Morgan fingerprint density at radius 3 is 2.79 bits per heavy atom. The maximum absolute atomic E-state index is 5.88. The Morgan fingerprint density at radius 1 is 1.50 bits per heavy atom. The van der Waals surface area contributed by atoms with E-state index in [1.54, 1.807) is 0 Å². The molecule has 0 spiro atoms. The van der Waals surface area contributed by atoms with Crippen LogP contribution in [0, 0.1) is 5.92 Å². The van der Waals surface area contributed by atoms with Gasteiger partial charge in [0.2, 0.25) is 0 Å². The lowest BCUT2D eigenvalue weighted by molar-refractivity contribution is 0.140. The van der Waals surface area contributed by atoms with Crippen molar-refractivity contribution in [2.45, 2.75) is 31.6 Å². The molecule has 1 fully saturated rings.